The van der Waals surface area contributed by atoms with E-state index in [2.05, 4.69) is 6.58 Å². The van der Waals surface area contributed by atoms with Gasteiger partial charge in [0.05, 0.1) is 30.1 Å². The standard InChI is InChI=1S/C28H40N2O3/c1-10-21(5)16-17-22(6)30-18-25(28(31,11-2)19-27(7,8)33-20(3)4)29-26(30)23-14-12-13-15-24(23)32-9/h10,12-18,20,31H,6,11,19H2,1-5,7-9H3/b17-16-,21-10-. The highest BCUT2D eigenvalue weighted by atomic mass is 16.5. The van der Waals surface area contributed by atoms with Gasteiger partial charge in [-0.2, -0.15) is 0 Å². The number of ether oxygens (including phenoxy) is 2. The second-order valence-corrected chi connectivity index (χ2v) is 9.37. The van der Waals surface area contributed by atoms with Gasteiger partial charge < -0.3 is 14.6 Å². The summed E-state index contributed by atoms with van der Waals surface area (Å²) in [5.41, 5.74) is 1.61. The molecule has 0 aliphatic rings. The summed E-state index contributed by atoms with van der Waals surface area (Å²) < 4.78 is 13.6. The van der Waals surface area contributed by atoms with Gasteiger partial charge in [0.2, 0.25) is 0 Å². The number of rotatable bonds is 11. The summed E-state index contributed by atoms with van der Waals surface area (Å²) in [6.07, 6.45) is 8.86. The van der Waals surface area contributed by atoms with Crippen LogP contribution in [0.15, 0.2) is 60.8 Å². The number of aromatic nitrogens is 2. The molecule has 1 heterocycles. The highest BCUT2D eigenvalue weighted by Gasteiger charge is 2.38. The summed E-state index contributed by atoms with van der Waals surface area (Å²) in [6, 6.07) is 7.74. The van der Waals surface area contributed by atoms with Crippen LogP contribution in [0.1, 0.15) is 67.0 Å². The molecule has 1 aromatic carbocycles. The zero-order valence-corrected chi connectivity index (χ0v) is 21.5. The fraction of sp³-hybridized carbons (Fsp3) is 0.464. The molecule has 5 nitrogen and oxygen atoms in total. The van der Waals surface area contributed by atoms with Crippen LogP contribution in [-0.2, 0) is 10.3 Å². The minimum absolute atomic E-state index is 0.0579. The Labute approximate surface area is 199 Å². The molecule has 1 N–H and O–H groups in total. The van der Waals surface area contributed by atoms with Gasteiger partial charge in [-0.3, -0.25) is 4.57 Å². The largest absolute Gasteiger partial charge is 0.496 e. The van der Waals surface area contributed by atoms with E-state index in [1.807, 2.05) is 102 Å². The smallest absolute Gasteiger partial charge is 0.148 e. The maximum Gasteiger partial charge on any atom is 0.148 e. The lowest BCUT2D eigenvalue weighted by Crippen LogP contribution is -2.39. The van der Waals surface area contributed by atoms with Crippen molar-refractivity contribution in [2.75, 3.05) is 7.11 Å². The van der Waals surface area contributed by atoms with Crippen molar-refractivity contribution in [3.8, 4) is 17.1 Å². The fourth-order valence-electron chi connectivity index (χ4n) is 4.03. The Morgan fingerprint density at radius 3 is 2.48 bits per heavy atom. The summed E-state index contributed by atoms with van der Waals surface area (Å²) in [4.78, 5) is 4.93. The molecule has 0 amide bonds. The summed E-state index contributed by atoms with van der Waals surface area (Å²) in [5, 5.41) is 11.7. The second kappa shape index (κ2) is 11.0. The van der Waals surface area contributed by atoms with Gasteiger partial charge in [-0.1, -0.05) is 43.4 Å². The third-order valence-corrected chi connectivity index (χ3v) is 5.69. The highest BCUT2D eigenvalue weighted by Crippen LogP contribution is 2.38. The number of aliphatic hydroxyl groups is 1. The van der Waals surface area contributed by atoms with E-state index in [-0.39, 0.29) is 6.10 Å². The van der Waals surface area contributed by atoms with Crippen LogP contribution >= 0.6 is 0 Å². The van der Waals surface area contributed by atoms with Crippen molar-refractivity contribution in [3.05, 3.63) is 66.5 Å². The Morgan fingerprint density at radius 1 is 1.24 bits per heavy atom. The molecule has 2 rings (SSSR count). The number of allylic oxidation sites excluding steroid dienone is 5. The predicted octanol–water partition coefficient (Wildman–Crippen LogP) is 6.74. The van der Waals surface area contributed by atoms with Gasteiger partial charge in [0.15, 0.2) is 0 Å². The maximum atomic E-state index is 11.7. The lowest BCUT2D eigenvalue weighted by molar-refractivity contribution is -0.113. The third kappa shape index (κ3) is 6.68. The molecule has 5 heteroatoms. The molecular weight excluding hydrogens is 412 g/mol. The average Bonchev–Trinajstić information content (AvgIpc) is 3.22. The molecule has 1 atom stereocenters. The molecule has 0 aliphatic carbocycles. The number of methoxy groups -OCH3 is 1. The molecule has 2 aromatic rings. The van der Waals surface area contributed by atoms with Gasteiger partial charge in [-0.05, 0) is 66.2 Å². The van der Waals surface area contributed by atoms with Crippen LogP contribution in [0, 0.1) is 0 Å². The predicted molar refractivity (Wildman–Crippen MR) is 137 cm³/mol. The van der Waals surface area contributed by atoms with E-state index in [1.54, 1.807) is 7.11 Å². The Balaban J connectivity index is 2.64. The first-order valence-electron chi connectivity index (χ1n) is 11.6. The maximum absolute atomic E-state index is 11.7. The molecule has 0 saturated heterocycles. The molecule has 1 unspecified atom stereocenters. The zero-order valence-electron chi connectivity index (χ0n) is 21.5. The van der Waals surface area contributed by atoms with Crippen molar-refractivity contribution in [1.82, 2.24) is 9.55 Å². The molecule has 0 bridgehead atoms. The van der Waals surface area contributed by atoms with E-state index in [0.29, 0.717) is 30.1 Å². The Bertz CT molecular complexity index is 1010. The lowest BCUT2D eigenvalue weighted by atomic mass is 9.84. The SMILES string of the molecule is C=C(/C=C\C(C)=C/C)n1cc(C(O)(CC)CC(C)(C)OC(C)C)nc1-c1ccccc1OC. The van der Waals surface area contributed by atoms with Gasteiger partial charge in [-0.25, -0.2) is 4.98 Å². The molecule has 0 aliphatic heterocycles. The van der Waals surface area contributed by atoms with E-state index in [1.165, 1.54) is 0 Å². The van der Waals surface area contributed by atoms with Crippen molar-refractivity contribution in [2.45, 2.75) is 78.6 Å². The van der Waals surface area contributed by atoms with Crippen LogP contribution in [0.4, 0.5) is 0 Å². The Morgan fingerprint density at radius 2 is 1.91 bits per heavy atom. The second-order valence-electron chi connectivity index (χ2n) is 9.37. The molecular formula is C28H40N2O3. The molecule has 33 heavy (non-hydrogen) atoms. The van der Waals surface area contributed by atoms with Gasteiger partial charge in [0, 0.05) is 18.3 Å². The van der Waals surface area contributed by atoms with Crippen molar-refractivity contribution < 1.29 is 14.6 Å². The van der Waals surface area contributed by atoms with Crippen LogP contribution in [0.3, 0.4) is 0 Å². The van der Waals surface area contributed by atoms with Gasteiger partial charge in [0.25, 0.3) is 0 Å². The number of benzene rings is 1. The first-order chi connectivity index (χ1) is 15.5. The summed E-state index contributed by atoms with van der Waals surface area (Å²) in [7, 11) is 1.64. The molecule has 0 radical (unpaired) electrons. The molecule has 0 spiro atoms. The van der Waals surface area contributed by atoms with E-state index in [9.17, 15) is 5.11 Å². The minimum atomic E-state index is -1.16. The molecule has 1 aromatic heterocycles. The van der Waals surface area contributed by atoms with E-state index in [4.69, 9.17) is 14.5 Å². The highest BCUT2D eigenvalue weighted by molar-refractivity contribution is 5.71. The van der Waals surface area contributed by atoms with Gasteiger partial charge >= 0.3 is 0 Å². The zero-order chi connectivity index (χ0) is 24.8. The van der Waals surface area contributed by atoms with Crippen LogP contribution in [0.2, 0.25) is 0 Å². The van der Waals surface area contributed by atoms with E-state index < -0.39 is 11.2 Å². The molecule has 0 fully saturated rings. The van der Waals surface area contributed by atoms with Gasteiger partial charge in [-0.15, -0.1) is 0 Å². The van der Waals surface area contributed by atoms with Crippen LogP contribution in [0.25, 0.3) is 17.1 Å². The molecule has 180 valence electrons. The number of nitrogens with zero attached hydrogens (tertiary/aromatic N) is 2. The molecule has 0 saturated carbocycles. The normalized spacial score (nSPS) is 14.7. The quantitative estimate of drug-likeness (QED) is 0.383. The van der Waals surface area contributed by atoms with Crippen molar-refractivity contribution in [2.24, 2.45) is 0 Å². The first-order valence-corrected chi connectivity index (χ1v) is 11.6. The summed E-state index contributed by atoms with van der Waals surface area (Å²) >= 11 is 0. The number of hydrogen-bond donors (Lipinski definition) is 1. The van der Waals surface area contributed by atoms with Gasteiger partial charge in [0.1, 0.15) is 17.2 Å². The van der Waals surface area contributed by atoms with Crippen LogP contribution < -0.4 is 4.74 Å². The number of hydrogen-bond acceptors (Lipinski definition) is 4. The fourth-order valence-corrected chi connectivity index (χ4v) is 4.03. The number of imidazole rings is 1. The Kier molecular flexibility index (Phi) is 8.87. The van der Waals surface area contributed by atoms with Crippen LogP contribution in [0.5, 0.6) is 5.75 Å². The topological polar surface area (TPSA) is 56.5 Å². The monoisotopic (exact) mass is 452 g/mol. The van der Waals surface area contributed by atoms with Crippen LogP contribution in [-0.4, -0.2) is 33.5 Å². The number of para-hydroxylation sites is 1. The average molecular weight is 453 g/mol. The summed E-state index contributed by atoms with van der Waals surface area (Å²) in [6.45, 7) is 18.3. The lowest BCUT2D eigenvalue weighted by Gasteiger charge is -2.36. The van der Waals surface area contributed by atoms with E-state index >= 15 is 0 Å². The third-order valence-electron chi connectivity index (χ3n) is 5.69. The first kappa shape index (κ1) is 26.6. The Hall–Kier alpha value is -2.63. The van der Waals surface area contributed by atoms with Crippen molar-refractivity contribution >= 4 is 5.70 Å². The minimum Gasteiger partial charge on any atom is -0.496 e. The van der Waals surface area contributed by atoms with Crippen molar-refractivity contribution in [3.63, 3.8) is 0 Å². The summed E-state index contributed by atoms with van der Waals surface area (Å²) in [5.74, 6) is 1.38. The van der Waals surface area contributed by atoms with E-state index in [0.717, 1.165) is 16.8 Å². The van der Waals surface area contributed by atoms with Crippen molar-refractivity contribution in [1.29, 1.82) is 0 Å².